The number of aliphatic hydroxyl groups is 1. The van der Waals surface area contributed by atoms with E-state index < -0.39 is 29.8 Å². The van der Waals surface area contributed by atoms with Crippen LogP contribution in [0.1, 0.15) is 17.5 Å². The van der Waals surface area contributed by atoms with Crippen LogP contribution in [0.15, 0.2) is 18.2 Å². The van der Waals surface area contributed by atoms with Gasteiger partial charge in [0, 0.05) is 12.2 Å². The van der Waals surface area contributed by atoms with Crippen molar-refractivity contribution in [2.24, 2.45) is 0 Å². The predicted molar refractivity (Wildman–Crippen MR) is 67.2 cm³/mol. The van der Waals surface area contributed by atoms with Crippen LogP contribution in [0.2, 0.25) is 0 Å². The van der Waals surface area contributed by atoms with Crippen LogP contribution in [0.5, 0.6) is 0 Å². The monoisotopic (exact) mass is 288 g/mol. The van der Waals surface area contributed by atoms with Gasteiger partial charge in [0.2, 0.25) is 5.91 Å². The predicted octanol–water partition coefficient (Wildman–Crippen LogP) is 1.68. The number of rotatable bonds is 2. The van der Waals surface area contributed by atoms with Gasteiger partial charge in [-0.25, -0.2) is 0 Å². The van der Waals surface area contributed by atoms with Gasteiger partial charge in [-0.2, -0.15) is 13.2 Å². The lowest BCUT2D eigenvalue weighted by Gasteiger charge is -2.15. The zero-order valence-electron chi connectivity index (χ0n) is 10.8. The number of aryl methyl sites for hydroxylation is 1. The van der Waals surface area contributed by atoms with E-state index in [1.807, 2.05) is 0 Å². The molecule has 2 atom stereocenters. The van der Waals surface area contributed by atoms with Crippen molar-refractivity contribution in [2.45, 2.75) is 31.7 Å². The second-order valence-corrected chi connectivity index (χ2v) is 4.87. The van der Waals surface area contributed by atoms with Crippen LogP contribution in [0.4, 0.5) is 18.9 Å². The van der Waals surface area contributed by atoms with E-state index in [4.69, 9.17) is 0 Å². The van der Waals surface area contributed by atoms with Gasteiger partial charge in [0.05, 0.1) is 17.7 Å². The molecule has 1 aromatic rings. The Morgan fingerprint density at radius 2 is 2.15 bits per heavy atom. The lowest BCUT2D eigenvalue weighted by Crippen LogP contribution is -2.35. The first-order chi connectivity index (χ1) is 9.27. The van der Waals surface area contributed by atoms with Crippen LogP contribution in [-0.2, 0) is 11.0 Å². The molecule has 0 aromatic heterocycles. The van der Waals surface area contributed by atoms with Crippen molar-refractivity contribution in [1.29, 1.82) is 0 Å². The van der Waals surface area contributed by atoms with Crippen LogP contribution < -0.4 is 10.6 Å². The number of hydrogen-bond donors (Lipinski definition) is 3. The molecule has 1 aromatic carbocycles. The van der Waals surface area contributed by atoms with Crippen LogP contribution in [0, 0.1) is 6.92 Å². The Morgan fingerprint density at radius 3 is 2.70 bits per heavy atom. The number of carbonyl (C=O) groups excluding carboxylic acids is 1. The number of halogens is 3. The lowest BCUT2D eigenvalue weighted by molar-refractivity contribution is -0.137. The van der Waals surface area contributed by atoms with Crippen molar-refractivity contribution in [3.63, 3.8) is 0 Å². The highest BCUT2D eigenvalue weighted by Crippen LogP contribution is 2.32. The molecule has 110 valence electrons. The number of alkyl halides is 3. The largest absolute Gasteiger partial charge is 0.416 e. The van der Waals surface area contributed by atoms with Crippen molar-refractivity contribution in [2.75, 3.05) is 11.9 Å². The molecule has 4 nitrogen and oxygen atoms in total. The lowest BCUT2D eigenvalue weighted by atomic mass is 10.1. The summed E-state index contributed by atoms with van der Waals surface area (Å²) in [7, 11) is 0. The van der Waals surface area contributed by atoms with Gasteiger partial charge in [0.15, 0.2) is 0 Å². The van der Waals surface area contributed by atoms with Crippen molar-refractivity contribution < 1.29 is 23.1 Å². The van der Waals surface area contributed by atoms with Gasteiger partial charge < -0.3 is 15.7 Å². The summed E-state index contributed by atoms with van der Waals surface area (Å²) in [5, 5.41) is 14.6. The average Bonchev–Trinajstić information content (AvgIpc) is 2.77. The molecule has 1 amide bonds. The number of anilines is 1. The summed E-state index contributed by atoms with van der Waals surface area (Å²) in [6, 6.07) is 2.62. The smallest absolute Gasteiger partial charge is 0.392 e. The normalized spacial score (nSPS) is 22.9. The fourth-order valence-electron chi connectivity index (χ4n) is 2.07. The van der Waals surface area contributed by atoms with Gasteiger partial charge in [0.25, 0.3) is 0 Å². The van der Waals surface area contributed by atoms with E-state index in [-0.39, 0.29) is 12.1 Å². The maximum atomic E-state index is 12.6. The summed E-state index contributed by atoms with van der Waals surface area (Å²) in [5.41, 5.74) is -0.129. The summed E-state index contributed by atoms with van der Waals surface area (Å²) in [6.07, 6.45) is -4.80. The van der Waals surface area contributed by atoms with E-state index in [9.17, 15) is 23.1 Å². The van der Waals surface area contributed by atoms with E-state index in [1.165, 1.54) is 6.07 Å². The molecule has 1 saturated heterocycles. The topological polar surface area (TPSA) is 61.4 Å². The van der Waals surface area contributed by atoms with Gasteiger partial charge in [-0.15, -0.1) is 0 Å². The first kappa shape index (κ1) is 14.8. The molecule has 0 radical (unpaired) electrons. The molecule has 0 bridgehead atoms. The van der Waals surface area contributed by atoms with Gasteiger partial charge in [-0.05, 0) is 31.0 Å². The molecule has 20 heavy (non-hydrogen) atoms. The first-order valence-corrected chi connectivity index (χ1v) is 6.17. The second kappa shape index (κ2) is 5.41. The number of amides is 1. The number of carbonyl (C=O) groups is 1. The SMILES string of the molecule is Cc1ccc(C(F)(F)F)cc1NC(=O)C1CC(O)CN1. The summed E-state index contributed by atoms with van der Waals surface area (Å²) in [4.78, 5) is 11.9. The van der Waals surface area contributed by atoms with E-state index in [2.05, 4.69) is 10.6 Å². The highest BCUT2D eigenvalue weighted by molar-refractivity contribution is 5.95. The minimum atomic E-state index is -4.45. The van der Waals surface area contributed by atoms with Gasteiger partial charge >= 0.3 is 6.18 Å². The van der Waals surface area contributed by atoms with E-state index in [0.717, 1.165) is 12.1 Å². The Labute approximate surface area is 114 Å². The van der Waals surface area contributed by atoms with Crippen LogP contribution in [-0.4, -0.2) is 29.7 Å². The number of β-amino-alcohol motifs (C(OH)–C–C–N with tert-alkyl or cyclic N) is 1. The number of nitrogens with one attached hydrogen (secondary N) is 2. The zero-order chi connectivity index (χ0) is 14.9. The van der Waals surface area contributed by atoms with Crippen LogP contribution in [0.25, 0.3) is 0 Å². The number of hydrogen-bond acceptors (Lipinski definition) is 3. The van der Waals surface area contributed by atoms with E-state index >= 15 is 0 Å². The maximum absolute atomic E-state index is 12.6. The molecule has 0 saturated carbocycles. The molecule has 1 heterocycles. The molecule has 1 aliphatic heterocycles. The van der Waals surface area contributed by atoms with Crippen molar-refractivity contribution in [3.8, 4) is 0 Å². The summed E-state index contributed by atoms with van der Waals surface area (Å²) < 4.78 is 37.9. The van der Waals surface area contributed by atoms with Gasteiger partial charge in [-0.3, -0.25) is 4.79 Å². The Hall–Kier alpha value is -1.60. The fourth-order valence-corrected chi connectivity index (χ4v) is 2.07. The second-order valence-electron chi connectivity index (χ2n) is 4.87. The molecule has 7 heteroatoms. The minimum Gasteiger partial charge on any atom is -0.392 e. The fraction of sp³-hybridized carbons (Fsp3) is 0.462. The molecule has 2 unspecified atom stereocenters. The molecule has 0 aliphatic carbocycles. The molecular formula is C13H15F3N2O2. The summed E-state index contributed by atoms with van der Waals surface area (Å²) in [5.74, 6) is -0.441. The maximum Gasteiger partial charge on any atom is 0.416 e. The van der Waals surface area contributed by atoms with Crippen molar-refractivity contribution >= 4 is 11.6 Å². The zero-order valence-corrected chi connectivity index (χ0v) is 10.8. The molecule has 1 aliphatic rings. The third-order valence-electron chi connectivity index (χ3n) is 3.25. The quantitative estimate of drug-likeness (QED) is 0.776. The third kappa shape index (κ3) is 3.29. The van der Waals surface area contributed by atoms with Crippen molar-refractivity contribution in [3.05, 3.63) is 29.3 Å². The Bertz CT molecular complexity index is 517. The standard InChI is InChI=1S/C13H15F3N2O2/c1-7-2-3-8(13(14,15)16)4-10(7)18-12(20)11-5-9(19)6-17-11/h2-4,9,11,17,19H,5-6H2,1H3,(H,18,20). The average molecular weight is 288 g/mol. The van der Waals surface area contributed by atoms with Gasteiger partial charge in [0.1, 0.15) is 0 Å². The molecular weight excluding hydrogens is 273 g/mol. The summed E-state index contributed by atoms with van der Waals surface area (Å²) >= 11 is 0. The molecule has 1 fully saturated rings. The first-order valence-electron chi connectivity index (χ1n) is 6.17. The Kier molecular flexibility index (Phi) is 4.01. The van der Waals surface area contributed by atoms with Crippen molar-refractivity contribution in [1.82, 2.24) is 5.32 Å². The molecule has 2 rings (SSSR count). The Morgan fingerprint density at radius 1 is 1.45 bits per heavy atom. The third-order valence-corrected chi connectivity index (χ3v) is 3.25. The van der Waals surface area contributed by atoms with Gasteiger partial charge in [-0.1, -0.05) is 6.07 Å². The summed E-state index contributed by atoms with van der Waals surface area (Å²) in [6.45, 7) is 1.92. The minimum absolute atomic E-state index is 0.132. The number of aliphatic hydroxyl groups excluding tert-OH is 1. The highest BCUT2D eigenvalue weighted by atomic mass is 19.4. The molecule has 3 N–H and O–H groups in total. The number of benzene rings is 1. The molecule has 0 spiro atoms. The highest BCUT2D eigenvalue weighted by Gasteiger charge is 2.32. The van der Waals surface area contributed by atoms with Crippen LogP contribution >= 0.6 is 0 Å². The van der Waals surface area contributed by atoms with E-state index in [1.54, 1.807) is 6.92 Å². The van der Waals surface area contributed by atoms with E-state index in [0.29, 0.717) is 12.1 Å². The van der Waals surface area contributed by atoms with Crippen LogP contribution in [0.3, 0.4) is 0 Å². The Balaban J connectivity index is 2.14.